The van der Waals surface area contributed by atoms with E-state index in [0.717, 1.165) is 0 Å². The summed E-state index contributed by atoms with van der Waals surface area (Å²) in [6.45, 7) is 1.48. The second kappa shape index (κ2) is 6.83. The number of sulfonamides is 1. The van der Waals surface area contributed by atoms with Crippen LogP contribution in [0, 0.1) is 0 Å². The van der Waals surface area contributed by atoms with Crippen molar-refractivity contribution in [3.8, 4) is 0 Å². The maximum atomic E-state index is 12.1. The summed E-state index contributed by atoms with van der Waals surface area (Å²) < 4.78 is 31.4. The highest BCUT2D eigenvalue weighted by molar-refractivity contribution is 7.90. The highest BCUT2D eigenvalue weighted by atomic mass is 32.2. The Morgan fingerprint density at radius 3 is 2.71 bits per heavy atom. The van der Waals surface area contributed by atoms with Gasteiger partial charge in [-0.2, -0.15) is 0 Å². The van der Waals surface area contributed by atoms with Gasteiger partial charge < -0.3 is 15.0 Å². The molecule has 0 saturated carbocycles. The van der Waals surface area contributed by atoms with Gasteiger partial charge in [-0.15, -0.1) is 4.40 Å². The minimum atomic E-state index is -3.48. The van der Waals surface area contributed by atoms with E-state index in [1.807, 2.05) is 5.32 Å². The highest BCUT2D eigenvalue weighted by Crippen LogP contribution is 2.17. The normalized spacial score (nSPS) is 19.3. The number of hydrogen-bond donors (Lipinski definition) is 2. The van der Waals surface area contributed by atoms with Crippen molar-refractivity contribution in [2.24, 2.45) is 4.40 Å². The topological polar surface area (TPSA) is 134 Å². The van der Waals surface area contributed by atoms with Gasteiger partial charge in [0.05, 0.1) is 11.3 Å². The zero-order valence-corrected chi connectivity index (χ0v) is 13.8. The van der Waals surface area contributed by atoms with Crippen LogP contribution in [-0.2, 0) is 24.3 Å². The number of nitrogens with one attached hydrogen (secondary N) is 2. The first kappa shape index (κ1) is 17.7. The first-order valence-corrected chi connectivity index (χ1v) is 8.55. The molecule has 24 heavy (non-hydrogen) atoms. The molecule has 0 spiro atoms. The Bertz CT molecular complexity index is 767. The lowest BCUT2D eigenvalue weighted by Crippen LogP contribution is -2.43. The van der Waals surface area contributed by atoms with Gasteiger partial charge in [-0.05, 0) is 19.1 Å². The van der Waals surface area contributed by atoms with Crippen LogP contribution >= 0.6 is 0 Å². The van der Waals surface area contributed by atoms with Gasteiger partial charge in [0.1, 0.15) is 5.84 Å². The van der Waals surface area contributed by atoms with Gasteiger partial charge in [0, 0.05) is 19.8 Å². The number of ether oxygens (including phenoxy) is 1. The molecular weight excluding hydrogens is 340 g/mol. The Morgan fingerprint density at radius 2 is 2.04 bits per heavy atom. The lowest BCUT2D eigenvalue weighted by molar-refractivity contribution is -0.150. The Hall–Kier alpha value is -2.69. The number of amides is 3. The number of fused-ring (bicyclic) bond motifs is 1. The summed E-state index contributed by atoms with van der Waals surface area (Å²) in [6, 6.07) is -0.713. The van der Waals surface area contributed by atoms with Gasteiger partial charge in [0.2, 0.25) is 0 Å². The lowest BCUT2D eigenvalue weighted by Gasteiger charge is -2.27. The van der Waals surface area contributed by atoms with Gasteiger partial charge >= 0.3 is 12.0 Å². The van der Waals surface area contributed by atoms with E-state index in [4.69, 9.17) is 4.74 Å². The summed E-state index contributed by atoms with van der Waals surface area (Å²) in [4.78, 5) is 36.3. The zero-order chi connectivity index (χ0) is 17.9. The quantitative estimate of drug-likeness (QED) is 0.611. The van der Waals surface area contributed by atoms with Gasteiger partial charge in [0.15, 0.2) is 6.10 Å². The predicted octanol–water partition coefficient (Wildman–Crippen LogP) is -1.13. The first-order valence-electron chi connectivity index (χ1n) is 6.94. The Morgan fingerprint density at radius 1 is 1.33 bits per heavy atom. The van der Waals surface area contributed by atoms with E-state index >= 15 is 0 Å². The van der Waals surface area contributed by atoms with Crippen LogP contribution < -0.4 is 10.6 Å². The number of carbonyl (C=O) groups excluding carboxylic acids is 3. The molecule has 0 fully saturated rings. The third-order valence-electron chi connectivity index (χ3n) is 3.18. The molecule has 2 heterocycles. The minimum Gasteiger partial charge on any atom is -0.449 e. The number of rotatable bonds is 3. The fraction of sp³-hybridized carbons (Fsp3) is 0.385. The Balaban J connectivity index is 2.02. The Kier molecular flexibility index (Phi) is 5.02. The molecule has 0 aromatic carbocycles. The molecule has 0 bridgehead atoms. The average Bonchev–Trinajstić information content (AvgIpc) is 2.53. The van der Waals surface area contributed by atoms with Crippen LogP contribution in [0.3, 0.4) is 0 Å². The van der Waals surface area contributed by atoms with Crippen molar-refractivity contribution < 1.29 is 27.5 Å². The molecule has 2 aliphatic heterocycles. The van der Waals surface area contributed by atoms with Gasteiger partial charge in [-0.1, -0.05) is 0 Å². The number of amidine groups is 1. The van der Waals surface area contributed by atoms with Gasteiger partial charge in [-0.3, -0.25) is 10.1 Å². The summed E-state index contributed by atoms with van der Waals surface area (Å²) in [5.74, 6) is -1.50. The highest BCUT2D eigenvalue weighted by Gasteiger charge is 2.27. The summed E-state index contributed by atoms with van der Waals surface area (Å²) in [6.07, 6.45) is 2.95. The van der Waals surface area contributed by atoms with E-state index < -0.39 is 34.0 Å². The van der Waals surface area contributed by atoms with Crippen LogP contribution in [0.1, 0.15) is 6.92 Å². The van der Waals surface area contributed by atoms with E-state index in [9.17, 15) is 22.8 Å². The molecule has 1 atom stereocenters. The molecule has 0 aromatic heterocycles. The van der Waals surface area contributed by atoms with Gasteiger partial charge in [0.25, 0.3) is 15.9 Å². The van der Waals surface area contributed by atoms with Crippen LogP contribution in [0.4, 0.5) is 4.79 Å². The second-order valence-electron chi connectivity index (χ2n) is 4.96. The summed E-state index contributed by atoms with van der Waals surface area (Å²) >= 11 is 0. The third kappa shape index (κ3) is 4.19. The number of urea groups is 1. The minimum absolute atomic E-state index is 0.132. The zero-order valence-electron chi connectivity index (χ0n) is 13.0. The van der Waals surface area contributed by atoms with Crippen molar-refractivity contribution in [3.63, 3.8) is 0 Å². The summed E-state index contributed by atoms with van der Waals surface area (Å²) in [7, 11) is -2.13. The smallest absolute Gasteiger partial charge is 0.340 e. The predicted molar refractivity (Wildman–Crippen MR) is 83.3 cm³/mol. The molecule has 0 aromatic rings. The van der Waals surface area contributed by atoms with Crippen LogP contribution in [0.15, 0.2) is 28.3 Å². The third-order valence-corrected chi connectivity index (χ3v) is 4.34. The van der Waals surface area contributed by atoms with Crippen LogP contribution in [0.25, 0.3) is 0 Å². The molecule has 2 N–H and O–H groups in total. The van der Waals surface area contributed by atoms with Crippen molar-refractivity contribution >= 4 is 33.8 Å². The SMILES string of the molecule is CNC(=O)NC(=O)C(C)OC(=O)C1=CN2CCS(=O)(=O)N=C2C=C1. The second-order valence-corrected chi connectivity index (χ2v) is 6.72. The molecule has 3 amide bonds. The van der Waals surface area contributed by atoms with Gasteiger partial charge in [-0.25, -0.2) is 18.0 Å². The fourth-order valence-electron chi connectivity index (χ4n) is 1.88. The van der Waals surface area contributed by atoms with Crippen LogP contribution in [0.2, 0.25) is 0 Å². The molecule has 11 heteroatoms. The number of hydrogen-bond acceptors (Lipinski definition) is 7. The van der Waals surface area contributed by atoms with E-state index in [-0.39, 0.29) is 23.7 Å². The number of carbonyl (C=O) groups is 3. The Labute approximate surface area is 138 Å². The van der Waals surface area contributed by atoms with Crippen LogP contribution in [-0.4, -0.2) is 62.5 Å². The summed E-state index contributed by atoms with van der Waals surface area (Å²) in [5.41, 5.74) is 0.132. The molecule has 0 saturated heterocycles. The first-order chi connectivity index (χ1) is 11.2. The maximum absolute atomic E-state index is 12.1. The monoisotopic (exact) mass is 356 g/mol. The number of imide groups is 1. The van der Waals surface area contributed by atoms with E-state index in [0.29, 0.717) is 0 Å². The van der Waals surface area contributed by atoms with Crippen molar-refractivity contribution in [2.75, 3.05) is 19.3 Å². The molecule has 10 nitrogen and oxygen atoms in total. The molecular formula is C13H16N4O6S. The molecule has 1 unspecified atom stereocenters. The molecule has 0 radical (unpaired) electrons. The largest absolute Gasteiger partial charge is 0.449 e. The van der Waals surface area contributed by atoms with E-state index in [1.54, 1.807) is 0 Å². The molecule has 0 aliphatic carbocycles. The van der Waals surface area contributed by atoms with Crippen LogP contribution in [0.5, 0.6) is 0 Å². The van der Waals surface area contributed by atoms with Crippen molar-refractivity contribution in [3.05, 3.63) is 23.9 Å². The molecule has 2 rings (SSSR count). The summed E-state index contributed by atoms with van der Waals surface area (Å²) in [5, 5.41) is 4.19. The van der Waals surface area contributed by atoms with Crippen molar-refractivity contribution in [1.82, 2.24) is 15.5 Å². The molecule has 130 valence electrons. The number of esters is 1. The van der Waals surface area contributed by atoms with E-state index in [1.165, 1.54) is 37.2 Å². The molecule has 2 aliphatic rings. The average molecular weight is 356 g/mol. The van der Waals surface area contributed by atoms with Crippen molar-refractivity contribution in [2.45, 2.75) is 13.0 Å². The van der Waals surface area contributed by atoms with Crippen molar-refractivity contribution in [1.29, 1.82) is 0 Å². The lowest BCUT2D eigenvalue weighted by atomic mass is 10.2. The van der Waals surface area contributed by atoms with E-state index in [2.05, 4.69) is 9.71 Å². The standard InChI is InChI=1S/C13H16N4O6S/c1-8(11(18)15-13(20)14-2)23-12(19)9-3-4-10-16-24(21,22)6-5-17(10)7-9/h3-4,7-8H,5-6H2,1-2H3,(H2,14,15,18,20). The fourth-order valence-corrected chi connectivity index (χ4v) is 2.85. The number of nitrogens with zero attached hydrogens (tertiary/aromatic N) is 2. The maximum Gasteiger partial charge on any atom is 0.340 e.